The van der Waals surface area contributed by atoms with E-state index in [-0.39, 0.29) is 0 Å². The van der Waals surface area contributed by atoms with Crippen LogP contribution in [0.3, 0.4) is 0 Å². The van der Waals surface area contributed by atoms with Gasteiger partial charge in [-0.25, -0.2) is 0 Å². The van der Waals surface area contributed by atoms with E-state index in [1.807, 2.05) is 0 Å². The first kappa shape index (κ1) is 43.1. The molecule has 1 aromatic heterocycles. The molecule has 0 saturated heterocycles. The maximum atomic E-state index is 2.43. The Morgan fingerprint density at radius 1 is 0.189 bits per heavy atom. The van der Waals surface area contributed by atoms with Gasteiger partial charge in [0.05, 0.1) is 11.0 Å². The summed E-state index contributed by atoms with van der Waals surface area (Å²) in [6, 6.07) is 106. The van der Waals surface area contributed by atoms with Crippen LogP contribution in [0.2, 0.25) is 0 Å². The highest BCUT2D eigenvalue weighted by atomic mass is 15.1. The van der Waals surface area contributed by atoms with Gasteiger partial charge in [-0.15, -0.1) is 0 Å². The van der Waals surface area contributed by atoms with Crippen LogP contribution in [0.25, 0.3) is 115 Å². The van der Waals surface area contributed by atoms with Crippen molar-refractivity contribution in [3.05, 3.63) is 291 Å². The minimum atomic E-state index is 1.09. The minimum absolute atomic E-state index is 1.09. The van der Waals surface area contributed by atoms with Crippen molar-refractivity contribution >= 4 is 71.2 Å². The summed E-state index contributed by atoms with van der Waals surface area (Å²) < 4.78 is 2.43. The smallest absolute Gasteiger partial charge is 0.0541 e. The van der Waals surface area contributed by atoms with Crippen molar-refractivity contribution < 1.29 is 0 Å². The van der Waals surface area contributed by atoms with E-state index in [4.69, 9.17) is 0 Å². The molecule has 0 radical (unpaired) electrons. The van der Waals surface area contributed by atoms with Crippen LogP contribution in [0.4, 0.5) is 17.1 Å². The molecule has 346 valence electrons. The van der Waals surface area contributed by atoms with Gasteiger partial charge in [0.2, 0.25) is 0 Å². The van der Waals surface area contributed by atoms with Crippen LogP contribution in [0.15, 0.2) is 291 Å². The fourth-order valence-electron chi connectivity index (χ4n) is 11.3. The number of hydrogen-bond donors (Lipinski definition) is 0. The van der Waals surface area contributed by atoms with Crippen LogP contribution in [0, 0.1) is 0 Å². The highest BCUT2D eigenvalue weighted by Crippen LogP contribution is 2.42. The standard InChI is InChI=1S/C72H48N2/c1-4-14-49(15-5-1)52-24-35-59(36-25-52)73(60-37-26-53(27-38-60)50-16-6-2-7-17-50)61-39-28-55(29-40-61)58-34-45-72-70(48-58)69-47-57(51-18-8-3-9-19-51)33-44-71(69)74(72)62-41-30-54(31-42-62)56-32-43-67-65-22-11-10-20-63(65)64-21-12-13-23-66(64)68(67)46-56/h1-48H. The Morgan fingerprint density at radius 2 is 0.459 bits per heavy atom. The normalized spacial score (nSPS) is 11.5. The van der Waals surface area contributed by atoms with Gasteiger partial charge in [0.25, 0.3) is 0 Å². The lowest BCUT2D eigenvalue weighted by molar-refractivity contribution is 1.18. The second-order valence-electron chi connectivity index (χ2n) is 19.3. The van der Waals surface area contributed by atoms with E-state index in [9.17, 15) is 0 Å². The number of anilines is 3. The third-order valence-electron chi connectivity index (χ3n) is 15.0. The number of aromatic nitrogens is 1. The monoisotopic (exact) mass is 940 g/mol. The van der Waals surface area contributed by atoms with E-state index in [2.05, 4.69) is 301 Å². The highest BCUT2D eigenvalue weighted by molar-refractivity contribution is 6.25. The summed E-state index contributed by atoms with van der Waals surface area (Å²) in [6.45, 7) is 0. The molecular formula is C72H48N2. The summed E-state index contributed by atoms with van der Waals surface area (Å²) in [6.07, 6.45) is 0. The maximum Gasteiger partial charge on any atom is 0.0541 e. The van der Waals surface area contributed by atoms with Crippen LogP contribution in [-0.2, 0) is 0 Å². The molecule has 0 bridgehead atoms. The second kappa shape index (κ2) is 18.1. The third-order valence-corrected chi connectivity index (χ3v) is 15.0. The summed E-state index contributed by atoms with van der Waals surface area (Å²) in [4.78, 5) is 2.35. The first-order chi connectivity index (χ1) is 36.7. The van der Waals surface area contributed by atoms with Gasteiger partial charge in [0.15, 0.2) is 0 Å². The number of rotatable bonds is 9. The van der Waals surface area contributed by atoms with Gasteiger partial charge in [0, 0.05) is 33.5 Å². The van der Waals surface area contributed by atoms with E-state index in [1.165, 1.54) is 104 Å². The lowest BCUT2D eigenvalue weighted by atomic mass is 9.92. The van der Waals surface area contributed by atoms with Crippen molar-refractivity contribution in [3.8, 4) is 61.3 Å². The van der Waals surface area contributed by atoms with Gasteiger partial charge in [-0.3, -0.25) is 0 Å². The average Bonchev–Trinajstić information content (AvgIpc) is 3.82. The zero-order chi connectivity index (χ0) is 49.0. The molecule has 0 unspecified atom stereocenters. The number of nitrogens with zero attached hydrogens (tertiary/aromatic N) is 2. The summed E-state index contributed by atoms with van der Waals surface area (Å²) in [7, 11) is 0. The molecule has 0 aliphatic heterocycles. The molecule has 14 aromatic rings. The average molecular weight is 941 g/mol. The van der Waals surface area contributed by atoms with Crippen LogP contribution >= 0.6 is 0 Å². The van der Waals surface area contributed by atoms with Crippen molar-refractivity contribution in [1.82, 2.24) is 4.57 Å². The van der Waals surface area contributed by atoms with Crippen molar-refractivity contribution in [3.63, 3.8) is 0 Å². The van der Waals surface area contributed by atoms with Crippen LogP contribution in [0.5, 0.6) is 0 Å². The maximum absolute atomic E-state index is 2.43. The van der Waals surface area contributed by atoms with Gasteiger partial charge in [-0.05, 0) is 167 Å². The Labute approximate surface area is 430 Å². The SMILES string of the molecule is c1ccc(-c2ccc(N(c3ccc(-c4ccccc4)cc3)c3ccc(-c4ccc5c(c4)c4cc(-c6ccccc6)ccc4n5-c4ccc(-c5ccc6c7ccccc7c7ccccc7c6c5)cc4)cc3)cc2)cc1. The Hall–Kier alpha value is -9.76. The lowest BCUT2D eigenvalue weighted by Crippen LogP contribution is -2.09. The van der Waals surface area contributed by atoms with Gasteiger partial charge in [-0.1, -0.05) is 212 Å². The number of benzene rings is 13. The fraction of sp³-hybridized carbons (Fsp3) is 0. The van der Waals surface area contributed by atoms with Crippen molar-refractivity contribution in [2.45, 2.75) is 0 Å². The molecular weight excluding hydrogens is 893 g/mol. The first-order valence-corrected chi connectivity index (χ1v) is 25.5. The molecule has 13 aromatic carbocycles. The molecule has 14 rings (SSSR count). The zero-order valence-electron chi connectivity index (χ0n) is 40.6. The van der Waals surface area contributed by atoms with Crippen LogP contribution < -0.4 is 4.90 Å². The zero-order valence-corrected chi connectivity index (χ0v) is 40.6. The summed E-state index contributed by atoms with van der Waals surface area (Å²) in [5.74, 6) is 0. The molecule has 74 heavy (non-hydrogen) atoms. The molecule has 2 nitrogen and oxygen atoms in total. The van der Waals surface area contributed by atoms with E-state index < -0.39 is 0 Å². The summed E-state index contributed by atoms with van der Waals surface area (Å²) in [5, 5.41) is 10.2. The third kappa shape index (κ3) is 7.60. The van der Waals surface area contributed by atoms with E-state index in [0.29, 0.717) is 0 Å². The highest BCUT2D eigenvalue weighted by Gasteiger charge is 2.18. The van der Waals surface area contributed by atoms with E-state index in [0.717, 1.165) is 28.3 Å². The summed E-state index contributed by atoms with van der Waals surface area (Å²) >= 11 is 0. The topological polar surface area (TPSA) is 8.17 Å². The van der Waals surface area contributed by atoms with E-state index in [1.54, 1.807) is 0 Å². The predicted molar refractivity (Wildman–Crippen MR) is 315 cm³/mol. The van der Waals surface area contributed by atoms with Gasteiger partial charge in [0.1, 0.15) is 0 Å². The minimum Gasteiger partial charge on any atom is -0.311 e. The Bertz CT molecular complexity index is 4230. The molecule has 0 N–H and O–H groups in total. The quantitative estimate of drug-likeness (QED) is 0.131. The van der Waals surface area contributed by atoms with Gasteiger partial charge < -0.3 is 9.47 Å². The Morgan fingerprint density at radius 3 is 0.865 bits per heavy atom. The molecule has 0 aliphatic carbocycles. The molecule has 0 saturated carbocycles. The molecule has 0 fully saturated rings. The first-order valence-electron chi connectivity index (χ1n) is 25.5. The number of hydrogen-bond acceptors (Lipinski definition) is 1. The fourth-order valence-corrected chi connectivity index (χ4v) is 11.3. The number of fused-ring (bicyclic) bond motifs is 9. The van der Waals surface area contributed by atoms with Crippen LogP contribution in [-0.4, -0.2) is 4.57 Å². The van der Waals surface area contributed by atoms with Crippen LogP contribution in [0.1, 0.15) is 0 Å². The Kier molecular flexibility index (Phi) is 10.6. The van der Waals surface area contributed by atoms with Crippen molar-refractivity contribution in [2.24, 2.45) is 0 Å². The van der Waals surface area contributed by atoms with Gasteiger partial charge in [-0.2, -0.15) is 0 Å². The molecule has 0 amide bonds. The molecule has 0 spiro atoms. The summed E-state index contributed by atoms with van der Waals surface area (Å²) in [5.41, 5.74) is 18.7. The van der Waals surface area contributed by atoms with Gasteiger partial charge >= 0.3 is 0 Å². The molecule has 2 heteroatoms. The van der Waals surface area contributed by atoms with E-state index >= 15 is 0 Å². The van der Waals surface area contributed by atoms with Crippen molar-refractivity contribution in [1.29, 1.82) is 0 Å². The predicted octanol–water partition coefficient (Wildman–Crippen LogP) is 20.0. The van der Waals surface area contributed by atoms with Crippen molar-refractivity contribution in [2.75, 3.05) is 4.90 Å². The molecule has 0 atom stereocenters. The lowest BCUT2D eigenvalue weighted by Gasteiger charge is -2.26. The molecule has 1 heterocycles. The Balaban J connectivity index is 0.842. The molecule has 0 aliphatic rings. The second-order valence-corrected chi connectivity index (χ2v) is 19.3. The largest absolute Gasteiger partial charge is 0.311 e.